The highest BCUT2D eigenvalue weighted by molar-refractivity contribution is 5.81. The van der Waals surface area contributed by atoms with Crippen LogP contribution >= 0.6 is 0 Å². The molecule has 2 N–H and O–H groups in total. The first kappa shape index (κ1) is 18.1. The van der Waals surface area contributed by atoms with Crippen LogP contribution in [0, 0.1) is 10.1 Å². The van der Waals surface area contributed by atoms with Crippen LogP contribution < -0.4 is 10.6 Å². The highest BCUT2D eigenvalue weighted by atomic mass is 16.6. The van der Waals surface area contributed by atoms with Crippen molar-refractivity contribution in [3.63, 3.8) is 0 Å². The van der Waals surface area contributed by atoms with E-state index in [1.807, 2.05) is 60.7 Å². The molecule has 3 rings (SSSR count). The van der Waals surface area contributed by atoms with Crippen molar-refractivity contribution in [3.8, 4) is 0 Å². The predicted octanol–water partition coefficient (Wildman–Crippen LogP) is 3.91. The third kappa shape index (κ3) is 4.92. The molecule has 0 saturated carbocycles. The van der Waals surface area contributed by atoms with Crippen LogP contribution in [-0.4, -0.2) is 17.4 Å². The normalized spacial score (nSPS) is 10.4. The second kappa shape index (κ2) is 8.62. The Morgan fingerprint density at radius 3 is 2.04 bits per heavy atom. The van der Waals surface area contributed by atoms with Crippen molar-refractivity contribution in [2.24, 2.45) is 0 Å². The van der Waals surface area contributed by atoms with Gasteiger partial charge in [-0.25, -0.2) is 0 Å². The van der Waals surface area contributed by atoms with Crippen LogP contribution in [0.25, 0.3) is 0 Å². The minimum absolute atomic E-state index is 0.0112. The summed E-state index contributed by atoms with van der Waals surface area (Å²) < 4.78 is 0. The number of rotatable bonds is 7. The van der Waals surface area contributed by atoms with Crippen molar-refractivity contribution in [1.29, 1.82) is 0 Å². The lowest BCUT2D eigenvalue weighted by Gasteiger charge is -2.20. The molecular formula is C21H19N3O3. The van der Waals surface area contributed by atoms with Gasteiger partial charge in [-0.3, -0.25) is 14.9 Å². The summed E-state index contributed by atoms with van der Waals surface area (Å²) in [6, 6.07) is 25.2. The quantitative estimate of drug-likeness (QED) is 0.493. The summed E-state index contributed by atoms with van der Waals surface area (Å²) in [6.45, 7) is 0.0112. The van der Waals surface area contributed by atoms with Gasteiger partial charge in [0.15, 0.2) is 0 Å². The van der Waals surface area contributed by atoms with Gasteiger partial charge in [-0.1, -0.05) is 66.7 Å². The Labute approximate surface area is 157 Å². The number of nitrogens with one attached hydrogen (secondary N) is 2. The standard InChI is InChI=1S/C21H19N3O3/c25-20(15-22-18-12-7-13-19(14-18)24(26)27)23-21(16-8-3-1-4-9-16)17-10-5-2-6-11-17/h1-14,21-22H,15H2,(H,23,25). The first-order valence-electron chi connectivity index (χ1n) is 8.51. The van der Waals surface area contributed by atoms with E-state index in [1.54, 1.807) is 12.1 Å². The van der Waals surface area contributed by atoms with E-state index in [-0.39, 0.29) is 24.2 Å². The van der Waals surface area contributed by atoms with Gasteiger partial charge >= 0.3 is 0 Å². The first-order chi connectivity index (χ1) is 13.1. The Hall–Kier alpha value is -3.67. The molecule has 0 spiro atoms. The fourth-order valence-electron chi connectivity index (χ4n) is 2.77. The van der Waals surface area contributed by atoms with E-state index in [2.05, 4.69) is 10.6 Å². The molecule has 3 aromatic rings. The second-order valence-electron chi connectivity index (χ2n) is 5.98. The minimum atomic E-state index is -0.466. The molecule has 1 amide bonds. The minimum Gasteiger partial charge on any atom is -0.376 e. The third-order valence-electron chi connectivity index (χ3n) is 4.08. The van der Waals surface area contributed by atoms with Crippen LogP contribution in [0.4, 0.5) is 11.4 Å². The van der Waals surface area contributed by atoms with Crippen molar-refractivity contribution < 1.29 is 9.72 Å². The second-order valence-corrected chi connectivity index (χ2v) is 5.98. The van der Waals surface area contributed by atoms with E-state index in [4.69, 9.17) is 0 Å². The number of hydrogen-bond acceptors (Lipinski definition) is 4. The zero-order valence-corrected chi connectivity index (χ0v) is 14.5. The Morgan fingerprint density at radius 2 is 1.48 bits per heavy atom. The Morgan fingerprint density at radius 1 is 0.889 bits per heavy atom. The lowest BCUT2D eigenvalue weighted by Crippen LogP contribution is -2.33. The number of benzene rings is 3. The predicted molar refractivity (Wildman–Crippen MR) is 104 cm³/mol. The van der Waals surface area contributed by atoms with Crippen molar-refractivity contribution in [2.45, 2.75) is 6.04 Å². The van der Waals surface area contributed by atoms with Gasteiger partial charge in [-0.15, -0.1) is 0 Å². The van der Waals surface area contributed by atoms with Gasteiger partial charge in [0, 0.05) is 17.8 Å². The topological polar surface area (TPSA) is 84.3 Å². The van der Waals surface area contributed by atoms with Crippen molar-refractivity contribution in [1.82, 2.24) is 5.32 Å². The lowest BCUT2D eigenvalue weighted by atomic mass is 9.99. The maximum atomic E-state index is 12.5. The van der Waals surface area contributed by atoms with E-state index >= 15 is 0 Å². The summed E-state index contributed by atoms with van der Waals surface area (Å²) in [6.07, 6.45) is 0. The molecule has 6 nitrogen and oxygen atoms in total. The van der Waals surface area contributed by atoms with Crippen molar-refractivity contribution >= 4 is 17.3 Å². The molecule has 0 fully saturated rings. The van der Waals surface area contributed by atoms with Crippen LogP contribution in [0.5, 0.6) is 0 Å². The molecule has 136 valence electrons. The lowest BCUT2D eigenvalue weighted by molar-refractivity contribution is -0.384. The third-order valence-corrected chi connectivity index (χ3v) is 4.08. The SMILES string of the molecule is O=C(CNc1cccc([N+](=O)[O-])c1)NC(c1ccccc1)c1ccccc1. The molecule has 0 bridgehead atoms. The van der Waals surface area contributed by atoms with Crippen LogP contribution in [0.2, 0.25) is 0 Å². The molecule has 3 aromatic carbocycles. The highest BCUT2D eigenvalue weighted by Gasteiger charge is 2.16. The van der Waals surface area contributed by atoms with Gasteiger partial charge in [0.2, 0.25) is 5.91 Å². The maximum Gasteiger partial charge on any atom is 0.271 e. The molecule has 0 aromatic heterocycles. The number of carbonyl (C=O) groups excluding carboxylic acids is 1. The summed E-state index contributed by atoms with van der Waals surface area (Å²) in [5.41, 5.74) is 2.46. The summed E-state index contributed by atoms with van der Waals surface area (Å²) >= 11 is 0. The average molecular weight is 361 g/mol. The zero-order valence-electron chi connectivity index (χ0n) is 14.5. The van der Waals surface area contributed by atoms with E-state index in [0.717, 1.165) is 11.1 Å². The smallest absolute Gasteiger partial charge is 0.271 e. The summed E-state index contributed by atoms with van der Waals surface area (Å²) in [7, 11) is 0. The van der Waals surface area contributed by atoms with Gasteiger partial charge in [0.05, 0.1) is 17.5 Å². The number of anilines is 1. The number of non-ortho nitro benzene ring substituents is 1. The molecule has 0 aliphatic heterocycles. The number of nitro groups is 1. The Kier molecular flexibility index (Phi) is 5.79. The van der Waals surface area contributed by atoms with Crippen LogP contribution in [0.1, 0.15) is 17.2 Å². The monoisotopic (exact) mass is 361 g/mol. The average Bonchev–Trinajstić information content (AvgIpc) is 2.72. The van der Waals surface area contributed by atoms with Crippen molar-refractivity contribution in [2.75, 3.05) is 11.9 Å². The summed E-state index contributed by atoms with van der Waals surface area (Å²) in [5.74, 6) is -0.209. The van der Waals surface area contributed by atoms with Gasteiger partial charge in [-0.05, 0) is 17.2 Å². The van der Waals surface area contributed by atoms with Crippen LogP contribution in [0.3, 0.4) is 0 Å². The van der Waals surface area contributed by atoms with E-state index in [0.29, 0.717) is 5.69 Å². The number of carbonyl (C=O) groups is 1. The summed E-state index contributed by atoms with van der Waals surface area (Å²) in [5, 5.41) is 16.8. The molecule has 0 unspecified atom stereocenters. The molecular weight excluding hydrogens is 342 g/mol. The fourth-order valence-corrected chi connectivity index (χ4v) is 2.77. The maximum absolute atomic E-state index is 12.5. The fraction of sp³-hybridized carbons (Fsp3) is 0.0952. The Bertz CT molecular complexity index is 875. The Balaban J connectivity index is 1.70. The largest absolute Gasteiger partial charge is 0.376 e. The molecule has 27 heavy (non-hydrogen) atoms. The molecule has 0 saturated heterocycles. The van der Waals surface area contributed by atoms with Gasteiger partial charge in [0.25, 0.3) is 5.69 Å². The molecule has 0 atom stereocenters. The van der Waals surface area contributed by atoms with E-state index in [9.17, 15) is 14.9 Å². The van der Waals surface area contributed by atoms with Gasteiger partial charge in [0.1, 0.15) is 0 Å². The number of hydrogen-bond donors (Lipinski definition) is 2. The van der Waals surface area contributed by atoms with Crippen molar-refractivity contribution in [3.05, 3.63) is 106 Å². The number of amides is 1. The molecule has 0 heterocycles. The molecule has 0 aliphatic carbocycles. The zero-order chi connectivity index (χ0) is 19.1. The molecule has 0 radical (unpaired) electrons. The van der Waals surface area contributed by atoms with Crippen LogP contribution in [-0.2, 0) is 4.79 Å². The van der Waals surface area contributed by atoms with E-state index in [1.165, 1.54) is 12.1 Å². The molecule has 6 heteroatoms. The molecule has 0 aliphatic rings. The van der Waals surface area contributed by atoms with Crippen LogP contribution in [0.15, 0.2) is 84.9 Å². The highest BCUT2D eigenvalue weighted by Crippen LogP contribution is 2.22. The van der Waals surface area contributed by atoms with E-state index < -0.39 is 4.92 Å². The van der Waals surface area contributed by atoms with Gasteiger partial charge < -0.3 is 10.6 Å². The summed E-state index contributed by atoms with van der Waals surface area (Å²) in [4.78, 5) is 22.9. The van der Waals surface area contributed by atoms with Gasteiger partial charge in [-0.2, -0.15) is 0 Å². The number of nitrogens with zero attached hydrogens (tertiary/aromatic N) is 1. The number of nitro benzene ring substituents is 1. The first-order valence-corrected chi connectivity index (χ1v) is 8.51.